The van der Waals surface area contributed by atoms with Gasteiger partial charge in [0, 0.05) is 0 Å². The highest BCUT2D eigenvalue weighted by Gasteiger charge is 2.48. The van der Waals surface area contributed by atoms with E-state index in [1.807, 2.05) is 0 Å². The smallest absolute Gasteiger partial charge is 0.335 e. The number of benzene rings is 1. The molecule has 0 bridgehead atoms. The van der Waals surface area contributed by atoms with Crippen LogP contribution in [0.15, 0.2) is 24.3 Å². The summed E-state index contributed by atoms with van der Waals surface area (Å²) in [4.78, 5) is 10.9. The molecule has 2 rings (SSSR count). The largest absolute Gasteiger partial charge is 0.479 e. The summed E-state index contributed by atoms with van der Waals surface area (Å²) in [6.07, 6.45) is -7.99. The number of para-hydroxylation sites is 1. The lowest BCUT2D eigenvalue weighted by atomic mass is 9.99. The molecule has 1 aromatic rings. The van der Waals surface area contributed by atoms with Crippen LogP contribution in [0.2, 0.25) is 0 Å². The molecule has 20 heavy (non-hydrogen) atoms. The third-order valence-electron chi connectivity index (χ3n) is 3.15. The van der Waals surface area contributed by atoms with Gasteiger partial charge in [0.2, 0.25) is 6.29 Å². The Labute approximate surface area is 115 Å². The molecule has 0 spiro atoms. The zero-order valence-electron chi connectivity index (χ0n) is 10.7. The molecule has 1 aromatic carbocycles. The molecule has 110 valence electrons. The Kier molecular flexibility index (Phi) is 4.24. The maximum Gasteiger partial charge on any atom is 0.335 e. The van der Waals surface area contributed by atoms with Gasteiger partial charge in [0.1, 0.15) is 24.1 Å². The summed E-state index contributed by atoms with van der Waals surface area (Å²) in [6.45, 7) is 1.77. The van der Waals surface area contributed by atoms with E-state index in [2.05, 4.69) is 0 Å². The van der Waals surface area contributed by atoms with E-state index in [4.69, 9.17) is 14.6 Å². The normalized spacial score (nSPS) is 33.7. The van der Waals surface area contributed by atoms with Gasteiger partial charge in [-0.25, -0.2) is 4.79 Å². The van der Waals surface area contributed by atoms with E-state index in [9.17, 15) is 20.1 Å². The molecule has 7 heteroatoms. The van der Waals surface area contributed by atoms with Gasteiger partial charge in [-0.3, -0.25) is 0 Å². The lowest BCUT2D eigenvalue weighted by Gasteiger charge is -2.38. The minimum Gasteiger partial charge on any atom is -0.479 e. The van der Waals surface area contributed by atoms with Crippen molar-refractivity contribution in [3.05, 3.63) is 29.8 Å². The van der Waals surface area contributed by atoms with Crippen LogP contribution in [-0.4, -0.2) is 57.1 Å². The van der Waals surface area contributed by atoms with Crippen molar-refractivity contribution in [2.45, 2.75) is 37.6 Å². The summed E-state index contributed by atoms with van der Waals surface area (Å²) in [5, 5.41) is 37.9. The van der Waals surface area contributed by atoms with Crippen LogP contribution in [0.4, 0.5) is 0 Å². The molecule has 1 aliphatic rings. The average Bonchev–Trinajstić information content (AvgIpc) is 2.41. The van der Waals surface area contributed by atoms with Crippen molar-refractivity contribution in [1.82, 2.24) is 0 Å². The first-order valence-electron chi connectivity index (χ1n) is 6.06. The third-order valence-corrected chi connectivity index (χ3v) is 3.15. The van der Waals surface area contributed by atoms with Gasteiger partial charge in [0.15, 0.2) is 6.10 Å². The van der Waals surface area contributed by atoms with Crippen LogP contribution in [-0.2, 0) is 9.53 Å². The lowest BCUT2D eigenvalue weighted by Crippen LogP contribution is -2.61. The number of ether oxygens (including phenoxy) is 2. The zero-order valence-corrected chi connectivity index (χ0v) is 10.7. The van der Waals surface area contributed by atoms with Gasteiger partial charge in [-0.15, -0.1) is 0 Å². The van der Waals surface area contributed by atoms with Crippen molar-refractivity contribution >= 4 is 5.97 Å². The average molecular weight is 284 g/mol. The van der Waals surface area contributed by atoms with E-state index >= 15 is 0 Å². The third kappa shape index (κ3) is 2.75. The fourth-order valence-electron chi connectivity index (χ4n) is 1.96. The quantitative estimate of drug-likeness (QED) is 0.578. The van der Waals surface area contributed by atoms with E-state index in [1.54, 1.807) is 31.2 Å². The van der Waals surface area contributed by atoms with Crippen molar-refractivity contribution in [3.8, 4) is 5.75 Å². The Hall–Kier alpha value is -1.67. The van der Waals surface area contributed by atoms with Crippen LogP contribution < -0.4 is 4.74 Å². The summed E-state index contributed by atoms with van der Waals surface area (Å²) in [6, 6.07) is 6.89. The van der Waals surface area contributed by atoms with E-state index in [0.717, 1.165) is 5.56 Å². The number of carboxylic acids is 1. The van der Waals surface area contributed by atoms with Crippen LogP contribution in [0.1, 0.15) is 5.56 Å². The Morgan fingerprint density at radius 2 is 1.80 bits per heavy atom. The molecule has 0 radical (unpaired) electrons. The van der Waals surface area contributed by atoms with Gasteiger partial charge in [0.25, 0.3) is 0 Å². The number of carboxylic acid groups (broad SMARTS) is 1. The minimum absolute atomic E-state index is 0.393. The topological polar surface area (TPSA) is 116 Å². The van der Waals surface area contributed by atoms with Crippen molar-refractivity contribution in [2.24, 2.45) is 0 Å². The summed E-state index contributed by atoms with van der Waals surface area (Å²) in [5.74, 6) is -1.05. The van der Waals surface area contributed by atoms with E-state index < -0.39 is 36.7 Å². The Balaban J connectivity index is 2.18. The number of hydrogen-bond acceptors (Lipinski definition) is 6. The Bertz CT molecular complexity index is 489. The second-order valence-corrected chi connectivity index (χ2v) is 4.62. The predicted molar refractivity (Wildman–Crippen MR) is 66.1 cm³/mol. The van der Waals surface area contributed by atoms with Crippen molar-refractivity contribution in [3.63, 3.8) is 0 Å². The van der Waals surface area contributed by atoms with Gasteiger partial charge in [-0.05, 0) is 18.6 Å². The zero-order chi connectivity index (χ0) is 14.9. The molecule has 1 saturated heterocycles. The standard InChI is InChI=1S/C13H16O7/c1-6-4-2-3-5-7(6)19-13-10(16)8(14)9(15)11(20-13)12(17)18/h2-5,8-11,13-16H,1H3,(H,17,18)/t8-,9-,10-,11+,13+/m1/s1. The second kappa shape index (κ2) is 5.76. The summed E-state index contributed by atoms with van der Waals surface area (Å²) in [5.41, 5.74) is 0.760. The molecule has 1 fully saturated rings. The fraction of sp³-hybridized carbons (Fsp3) is 0.462. The maximum absolute atomic E-state index is 10.9. The van der Waals surface area contributed by atoms with Crippen LogP contribution >= 0.6 is 0 Å². The molecule has 0 unspecified atom stereocenters. The highest BCUT2D eigenvalue weighted by Crippen LogP contribution is 2.26. The molecule has 0 saturated carbocycles. The van der Waals surface area contributed by atoms with E-state index in [-0.39, 0.29) is 0 Å². The number of aryl methyl sites for hydroxylation is 1. The molecule has 1 aliphatic heterocycles. The maximum atomic E-state index is 10.9. The van der Waals surface area contributed by atoms with Gasteiger partial charge in [0.05, 0.1) is 0 Å². The minimum atomic E-state index is -1.72. The number of aliphatic carboxylic acids is 1. The van der Waals surface area contributed by atoms with Crippen molar-refractivity contribution in [1.29, 1.82) is 0 Å². The molecule has 5 atom stereocenters. The summed E-state index contributed by atoms with van der Waals surface area (Å²) in [7, 11) is 0. The number of rotatable bonds is 3. The molecule has 7 nitrogen and oxygen atoms in total. The summed E-state index contributed by atoms with van der Waals surface area (Å²) < 4.78 is 10.4. The number of aliphatic hydroxyl groups is 3. The van der Waals surface area contributed by atoms with Crippen molar-refractivity contribution < 1.29 is 34.7 Å². The van der Waals surface area contributed by atoms with Crippen LogP contribution in [0.5, 0.6) is 5.75 Å². The molecule has 1 heterocycles. The Morgan fingerprint density at radius 1 is 1.15 bits per heavy atom. The van der Waals surface area contributed by atoms with Gasteiger partial charge >= 0.3 is 5.97 Å². The first-order valence-corrected chi connectivity index (χ1v) is 6.06. The highest BCUT2D eigenvalue weighted by molar-refractivity contribution is 5.73. The predicted octanol–water partition coefficient (Wildman–Crippen LogP) is -0.734. The Morgan fingerprint density at radius 3 is 2.40 bits per heavy atom. The first-order chi connectivity index (χ1) is 9.41. The lowest BCUT2D eigenvalue weighted by molar-refractivity contribution is -0.271. The molecule has 4 N–H and O–H groups in total. The van der Waals surface area contributed by atoms with Crippen molar-refractivity contribution in [2.75, 3.05) is 0 Å². The molecule has 0 aromatic heterocycles. The van der Waals surface area contributed by atoms with E-state index in [0.29, 0.717) is 5.75 Å². The van der Waals surface area contributed by atoms with Crippen LogP contribution in [0.25, 0.3) is 0 Å². The number of aliphatic hydroxyl groups excluding tert-OH is 3. The number of hydrogen-bond donors (Lipinski definition) is 4. The molecule has 0 amide bonds. The van der Waals surface area contributed by atoms with E-state index in [1.165, 1.54) is 0 Å². The number of carbonyl (C=O) groups is 1. The van der Waals surface area contributed by atoms with Crippen LogP contribution in [0, 0.1) is 6.92 Å². The monoisotopic (exact) mass is 284 g/mol. The summed E-state index contributed by atoms with van der Waals surface area (Å²) >= 11 is 0. The molecular formula is C13H16O7. The molecular weight excluding hydrogens is 268 g/mol. The van der Waals surface area contributed by atoms with Gasteiger partial charge in [-0.2, -0.15) is 0 Å². The SMILES string of the molecule is Cc1ccccc1O[C@H]1O[C@H](C(=O)O)[C@H](O)[C@@H](O)[C@H]1O. The van der Waals surface area contributed by atoms with Crippen LogP contribution in [0.3, 0.4) is 0 Å². The van der Waals surface area contributed by atoms with Gasteiger partial charge in [-0.1, -0.05) is 18.2 Å². The molecule has 0 aliphatic carbocycles. The second-order valence-electron chi connectivity index (χ2n) is 4.62. The highest BCUT2D eigenvalue weighted by atomic mass is 16.7. The first kappa shape index (κ1) is 14.7. The fourth-order valence-corrected chi connectivity index (χ4v) is 1.96. The van der Waals surface area contributed by atoms with Gasteiger partial charge < -0.3 is 29.9 Å².